The molecule has 0 fully saturated rings. The van der Waals surface area contributed by atoms with Crippen LogP contribution in [0.15, 0.2) is 36.4 Å². The average molecular weight is 535 g/mol. The topological polar surface area (TPSA) is 108 Å². The van der Waals surface area contributed by atoms with Crippen LogP contribution in [0.4, 0.5) is 0 Å². The number of carbonyl (C=O) groups excluding carboxylic acids is 2. The maximum absolute atomic E-state index is 12.6. The van der Waals surface area contributed by atoms with Crippen LogP contribution in [0, 0.1) is 0 Å². The zero-order valence-electron chi connectivity index (χ0n) is 22.8. The van der Waals surface area contributed by atoms with E-state index in [4.69, 9.17) is 38.5 Å². The van der Waals surface area contributed by atoms with E-state index in [1.165, 1.54) is 59.8 Å². The quantitative estimate of drug-likeness (QED) is 0.0968. The first kappa shape index (κ1) is 30.7. The SMILES string of the molecule is CCCCCCCCCC(OOC(=O)c1ccc(OC)cc1OC)OOC(=O)c1ccc(OC)cc1OC. The lowest BCUT2D eigenvalue weighted by molar-refractivity contribution is -0.421. The molecule has 2 aromatic carbocycles. The van der Waals surface area contributed by atoms with Gasteiger partial charge in [0.1, 0.15) is 34.1 Å². The summed E-state index contributed by atoms with van der Waals surface area (Å²) in [7, 11) is 5.85. The van der Waals surface area contributed by atoms with Crippen LogP contribution in [0.25, 0.3) is 0 Å². The lowest BCUT2D eigenvalue weighted by atomic mass is 10.1. The summed E-state index contributed by atoms with van der Waals surface area (Å²) in [5, 5.41) is 0. The van der Waals surface area contributed by atoms with Crippen molar-refractivity contribution in [1.29, 1.82) is 0 Å². The first-order chi connectivity index (χ1) is 18.5. The molecule has 210 valence electrons. The smallest absolute Gasteiger partial charge is 0.376 e. The van der Waals surface area contributed by atoms with Crippen molar-refractivity contribution in [3.63, 3.8) is 0 Å². The van der Waals surface area contributed by atoms with Gasteiger partial charge >= 0.3 is 11.9 Å². The fourth-order valence-electron chi connectivity index (χ4n) is 3.60. The molecule has 0 aliphatic rings. The molecule has 0 saturated carbocycles. The Labute approximate surface area is 223 Å². The van der Waals surface area contributed by atoms with Crippen molar-refractivity contribution in [3.8, 4) is 23.0 Å². The van der Waals surface area contributed by atoms with Gasteiger partial charge in [-0.25, -0.2) is 9.59 Å². The Bertz CT molecular complexity index is 936. The number of hydrogen-bond acceptors (Lipinski definition) is 10. The van der Waals surface area contributed by atoms with Gasteiger partial charge in [-0.2, -0.15) is 0 Å². The third-order valence-electron chi connectivity index (χ3n) is 5.76. The molecule has 0 amide bonds. The lowest BCUT2D eigenvalue weighted by Crippen LogP contribution is -2.22. The number of carbonyl (C=O) groups is 2. The zero-order chi connectivity index (χ0) is 27.8. The van der Waals surface area contributed by atoms with Gasteiger partial charge < -0.3 is 18.9 Å². The van der Waals surface area contributed by atoms with Crippen molar-refractivity contribution in [3.05, 3.63) is 47.5 Å². The molecule has 2 aromatic rings. The van der Waals surface area contributed by atoms with Gasteiger partial charge in [0.2, 0.25) is 6.29 Å². The van der Waals surface area contributed by atoms with Gasteiger partial charge in [-0.1, -0.05) is 45.4 Å². The Morgan fingerprint density at radius 2 is 1.08 bits per heavy atom. The van der Waals surface area contributed by atoms with Crippen molar-refractivity contribution in [1.82, 2.24) is 0 Å². The Kier molecular flexibility index (Phi) is 13.8. The summed E-state index contributed by atoms with van der Waals surface area (Å²) in [5.41, 5.74) is 0.255. The van der Waals surface area contributed by atoms with Crippen LogP contribution in [-0.4, -0.2) is 46.7 Å². The molecule has 0 unspecified atom stereocenters. The number of methoxy groups -OCH3 is 4. The van der Waals surface area contributed by atoms with Gasteiger partial charge in [-0.3, -0.25) is 9.78 Å². The second kappa shape index (κ2) is 17.1. The van der Waals surface area contributed by atoms with Gasteiger partial charge in [-0.15, -0.1) is 9.78 Å². The molecular weight excluding hydrogens is 496 g/mol. The maximum atomic E-state index is 12.6. The molecule has 0 heterocycles. The van der Waals surface area contributed by atoms with Gasteiger partial charge in [0.05, 0.1) is 28.4 Å². The Hall–Kier alpha value is -3.50. The van der Waals surface area contributed by atoms with E-state index in [-0.39, 0.29) is 22.6 Å². The predicted octanol–water partition coefficient (Wildman–Crippen LogP) is 6.06. The average Bonchev–Trinajstić information content (AvgIpc) is 2.96. The summed E-state index contributed by atoms with van der Waals surface area (Å²) in [5.74, 6) is -0.0802. The highest BCUT2D eigenvalue weighted by Crippen LogP contribution is 2.27. The third-order valence-corrected chi connectivity index (χ3v) is 5.76. The molecule has 2 rings (SSSR count). The van der Waals surface area contributed by atoms with E-state index in [1.807, 2.05) is 0 Å². The monoisotopic (exact) mass is 534 g/mol. The van der Waals surface area contributed by atoms with Crippen LogP contribution >= 0.6 is 0 Å². The predicted molar refractivity (Wildman–Crippen MR) is 138 cm³/mol. The molecular formula is C28H38O10. The molecule has 10 heteroatoms. The summed E-state index contributed by atoms with van der Waals surface area (Å²) in [6, 6.07) is 9.27. The number of ether oxygens (including phenoxy) is 4. The van der Waals surface area contributed by atoms with E-state index in [0.29, 0.717) is 24.3 Å². The highest BCUT2D eigenvalue weighted by Gasteiger charge is 2.23. The van der Waals surface area contributed by atoms with Crippen molar-refractivity contribution in [2.24, 2.45) is 0 Å². The minimum absolute atomic E-state index is 0.128. The van der Waals surface area contributed by atoms with Crippen LogP contribution in [0.3, 0.4) is 0 Å². The lowest BCUT2D eigenvalue weighted by Gasteiger charge is -2.16. The van der Waals surface area contributed by atoms with Crippen molar-refractivity contribution in [2.45, 2.75) is 64.6 Å². The van der Waals surface area contributed by atoms with Gasteiger partial charge in [0.15, 0.2) is 0 Å². The summed E-state index contributed by atoms with van der Waals surface area (Å²) < 4.78 is 20.8. The van der Waals surface area contributed by atoms with Gasteiger partial charge in [0, 0.05) is 18.6 Å². The first-order valence-corrected chi connectivity index (χ1v) is 12.7. The van der Waals surface area contributed by atoms with Gasteiger partial charge in [0.25, 0.3) is 0 Å². The molecule has 0 saturated heterocycles. The van der Waals surface area contributed by atoms with E-state index in [1.54, 1.807) is 24.3 Å². The van der Waals surface area contributed by atoms with Gasteiger partial charge in [-0.05, 0) is 30.7 Å². The molecule has 0 bridgehead atoms. The first-order valence-electron chi connectivity index (χ1n) is 12.7. The third kappa shape index (κ3) is 9.75. The normalized spacial score (nSPS) is 10.7. The molecule has 0 spiro atoms. The van der Waals surface area contributed by atoms with Crippen LogP contribution in [0.5, 0.6) is 23.0 Å². The van der Waals surface area contributed by atoms with Crippen LogP contribution < -0.4 is 18.9 Å². The van der Waals surface area contributed by atoms with Crippen molar-refractivity contribution < 1.29 is 48.1 Å². The summed E-state index contributed by atoms with van der Waals surface area (Å²) in [4.78, 5) is 45.8. The fourth-order valence-corrected chi connectivity index (χ4v) is 3.60. The second-order valence-electron chi connectivity index (χ2n) is 8.41. The fraction of sp³-hybridized carbons (Fsp3) is 0.500. The highest BCUT2D eigenvalue weighted by molar-refractivity contribution is 5.93. The molecule has 0 aromatic heterocycles. The molecule has 10 nitrogen and oxygen atoms in total. The second-order valence-corrected chi connectivity index (χ2v) is 8.41. The largest absolute Gasteiger partial charge is 0.497 e. The minimum atomic E-state index is -1.15. The Morgan fingerprint density at radius 1 is 0.632 bits per heavy atom. The van der Waals surface area contributed by atoms with Crippen LogP contribution in [0.1, 0.15) is 79.0 Å². The van der Waals surface area contributed by atoms with E-state index < -0.39 is 18.2 Å². The number of unbranched alkanes of at least 4 members (excludes halogenated alkanes) is 6. The highest BCUT2D eigenvalue weighted by atomic mass is 17.3. The molecule has 0 radical (unpaired) electrons. The van der Waals surface area contributed by atoms with E-state index in [9.17, 15) is 9.59 Å². The number of benzene rings is 2. The summed E-state index contributed by atoms with van der Waals surface area (Å²) >= 11 is 0. The standard InChI is InChI=1S/C28H38O10/c1-6-7-8-9-10-11-12-13-26(35-37-27(29)22-16-14-20(31-2)18-24(22)33-4)36-38-28(30)23-17-15-21(32-3)19-25(23)34-5/h14-19,26H,6-13H2,1-5H3. The van der Waals surface area contributed by atoms with E-state index >= 15 is 0 Å². The van der Waals surface area contributed by atoms with Crippen molar-refractivity contribution >= 4 is 11.9 Å². The molecule has 0 N–H and O–H groups in total. The van der Waals surface area contributed by atoms with E-state index in [0.717, 1.165) is 19.3 Å². The molecule has 0 atom stereocenters. The Morgan fingerprint density at radius 3 is 1.50 bits per heavy atom. The zero-order valence-corrected chi connectivity index (χ0v) is 22.8. The maximum Gasteiger partial charge on any atom is 0.376 e. The molecule has 0 aliphatic heterocycles. The minimum Gasteiger partial charge on any atom is -0.497 e. The van der Waals surface area contributed by atoms with E-state index in [2.05, 4.69) is 6.92 Å². The molecule has 38 heavy (non-hydrogen) atoms. The van der Waals surface area contributed by atoms with Crippen LogP contribution in [-0.2, 0) is 19.6 Å². The number of rotatable bonds is 18. The molecule has 0 aliphatic carbocycles. The summed E-state index contributed by atoms with van der Waals surface area (Å²) in [6.45, 7) is 2.17. The summed E-state index contributed by atoms with van der Waals surface area (Å²) in [6.07, 6.45) is 6.59. The van der Waals surface area contributed by atoms with Crippen LogP contribution in [0.2, 0.25) is 0 Å². The van der Waals surface area contributed by atoms with Crippen molar-refractivity contribution in [2.75, 3.05) is 28.4 Å². The number of hydrogen-bond donors (Lipinski definition) is 0. The Balaban J connectivity index is 2.01.